The highest BCUT2D eigenvalue weighted by atomic mass is 16.5. The fraction of sp³-hybridized carbons (Fsp3) is 0.500. The molecule has 1 fully saturated rings. The SMILES string of the molecule is CC(C)(C)c1nc(C(C)(C)NC(=O)CN2C(=O)NC3(CCc4ccccc43)C2=O)no1. The quantitative estimate of drug-likeness (QED) is 0.725. The molecule has 164 valence electrons. The molecule has 4 rings (SSSR count). The van der Waals surface area contributed by atoms with Crippen molar-refractivity contribution in [2.45, 2.75) is 64.0 Å². The molecule has 4 amide bonds. The van der Waals surface area contributed by atoms with E-state index in [0.717, 1.165) is 16.0 Å². The van der Waals surface area contributed by atoms with Crippen LogP contribution in [0.15, 0.2) is 28.8 Å². The summed E-state index contributed by atoms with van der Waals surface area (Å²) in [6.45, 7) is 8.94. The fourth-order valence-electron chi connectivity index (χ4n) is 4.10. The highest BCUT2D eigenvalue weighted by Gasteiger charge is 2.55. The summed E-state index contributed by atoms with van der Waals surface area (Å²) in [6, 6.07) is 7.01. The van der Waals surface area contributed by atoms with Crippen LogP contribution in [0.3, 0.4) is 0 Å². The van der Waals surface area contributed by atoms with Crippen molar-refractivity contribution in [3.63, 3.8) is 0 Å². The predicted octanol–water partition coefficient (Wildman–Crippen LogP) is 2.11. The number of hydrogen-bond acceptors (Lipinski definition) is 6. The van der Waals surface area contributed by atoms with Crippen molar-refractivity contribution in [3.8, 4) is 0 Å². The van der Waals surface area contributed by atoms with Gasteiger partial charge in [-0.2, -0.15) is 4.98 Å². The van der Waals surface area contributed by atoms with Crippen LogP contribution in [-0.4, -0.2) is 39.4 Å². The molecule has 9 nitrogen and oxygen atoms in total. The van der Waals surface area contributed by atoms with Crippen molar-refractivity contribution in [1.82, 2.24) is 25.7 Å². The van der Waals surface area contributed by atoms with Crippen LogP contribution in [0.25, 0.3) is 0 Å². The van der Waals surface area contributed by atoms with Crippen LogP contribution in [0.2, 0.25) is 0 Å². The van der Waals surface area contributed by atoms with E-state index in [1.54, 1.807) is 13.8 Å². The molecule has 1 aromatic heterocycles. The van der Waals surface area contributed by atoms with Gasteiger partial charge in [-0.15, -0.1) is 0 Å². The normalized spacial score (nSPS) is 20.9. The lowest BCUT2D eigenvalue weighted by Gasteiger charge is -2.24. The summed E-state index contributed by atoms with van der Waals surface area (Å²) >= 11 is 0. The van der Waals surface area contributed by atoms with Gasteiger partial charge in [0.25, 0.3) is 5.91 Å². The molecule has 2 aromatic rings. The summed E-state index contributed by atoms with van der Waals surface area (Å²) in [6.07, 6.45) is 1.18. The molecule has 1 spiro atoms. The van der Waals surface area contributed by atoms with Gasteiger partial charge in [-0.1, -0.05) is 50.2 Å². The zero-order chi connectivity index (χ0) is 22.6. The van der Waals surface area contributed by atoms with Crippen LogP contribution >= 0.6 is 0 Å². The Labute approximate surface area is 180 Å². The number of fused-ring (bicyclic) bond motifs is 2. The van der Waals surface area contributed by atoms with Gasteiger partial charge >= 0.3 is 6.03 Å². The van der Waals surface area contributed by atoms with E-state index in [0.29, 0.717) is 24.6 Å². The van der Waals surface area contributed by atoms with Crippen LogP contribution in [0.4, 0.5) is 4.79 Å². The van der Waals surface area contributed by atoms with Gasteiger partial charge < -0.3 is 15.2 Å². The molecule has 1 atom stereocenters. The minimum atomic E-state index is -1.08. The Morgan fingerprint density at radius 2 is 1.94 bits per heavy atom. The highest BCUT2D eigenvalue weighted by molar-refractivity contribution is 6.09. The molecule has 31 heavy (non-hydrogen) atoms. The molecule has 0 radical (unpaired) electrons. The number of carbonyl (C=O) groups is 3. The first kappa shape index (κ1) is 21.0. The van der Waals surface area contributed by atoms with Crippen molar-refractivity contribution in [2.24, 2.45) is 0 Å². The van der Waals surface area contributed by atoms with Crippen molar-refractivity contribution in [3.05, 3.63) is 47.1 Å². The molecule has 1 saturated heterocycles. The number of nitrogens with zero attached hydrogens (tertiary/aromatic N) is 3. The fourth-order valence-corrected chi connectivity index (χ4v) is 4.10. The maximum atomic E-state index is 13.2. The molecular formula is C22H27N5O4. The van der Waals surface area contributed by atoms with Gasteiger partial charge in [0.2, 0.25) is 11.8 Å². The average Bonchev–Trinajstić information content (AvgIpc) is 3.37. The Morgan fingerprint density at radius 1 is 1.23 bits per heavy atom. The monoisotopic (exact) mass is 425 g/mol. The molecule has 1 aliphatic heterocycles. The largest absolute Gasteiger partial charge is 0.342 e. The molecule has 2 heterocycles. The Morgan fingerprint density at radius 3 is 2.61 bits per heavy atom. The highest BCUT2D eigenvalue weighted by Crippen LogP contribution is 2.41. The second-order valence-electron chi connectivity index (χ2n) is 9.73. The number of hydrogen-bond donors (Lipinski definition) is 2. The Hall–Kier alpha value is -3.23. The smallest absolute Gasteiger partial charge is 0.325 e. The third kappa shape index (κ3) is 3.47. The number of benzene rings is 1. The molecule has 1 unspecified atom stereocenters. The van der Waals surface area contributed by atoms with E-state index in [4.69, 9.17) is 4.52 Å². The maximum Gasteiger partial charge on any atom is 0.325 e. The predicted molar refractivity (Wildman–Crippen MR) is 111 cm³/mol. The van der Waals surface area contributed by atoms with Gasteiger partial charge in [0.05, 0.1) is 5.54 Å². The number of aryl methyl sites for hydroxylation is 1. The Balaban J connectivity index is 1.48. The van der Waals surface area contributed by atoms with Gasteiger partial charge in [0.15, 0.2) is 5.82 Å². The zero-order valence-electron chi connectivity index (χ0n) is 18.4. The summed E-state index contributed by atoms with van der Waals surface area (Å²) in [5, 5.41) is 9.62. The number of urea groups is 1. The summed E-state index contributed by atoms with van der Waals surface area (Å²) in [5.41, 5.74) is -0.509. The molecular weight excluding hydrogens is 398 g/mol. The topological polar surface area (TPSA) is 117 Å². The second kappa shape index (κ2) is 6.90. The van der Waals surface area contributed by atoms with E-state index in [1.165, 1.54) is 0 Å². The van der Waals surface area contributed by atoms with E-state index < -0.39 is 28.9 Å². The summed E-state index contributed by atoms with van der Waals surface area (Å²) in [5.74, 6) is -0.103. The maximum absolute atomic E-state index is 13.2. The van der Waals surface area contributed by atoms with Crippen molar-refractivity contribution in [1.29, 1.82) is 0 Å². The molecule has 0 bridgehead atoms. The van der Waals surface area contributed by atoms with Gasteiger partial charge in [-0.25, -0.2) is 4.79 Å². The van der Waals surface area contributed by atoms with E-state index in [9.17, 15) is 14.4 Å². The summed E-state index contributed by atoms with van der Waals surface area (Å²) in [4.78, 5) is 44.0. The first-order valence-corrected chi connectivity index (χ1v) is 10.3. The van der Waals surface area contributed by atoms with E-state index >= 15 is 0 Å². The Kier molecular flexibility index (Phi) is 4.68. The number of amides is 4. The number of rotatable bonds is 4. The molecule has 2 N–H and O–H groups in total. The number of imide groups is 1. The molecule has 1 aromatic carbocycles. The minimum absolute atomic E-state index is 0.322. The van der Waals surface area contributed by atoms with Crippen molar-refractivity contribution < 1.29 is 18.9 Å². The van der Waals surface area contributed by atoms with Crippen LogP contribution in [-0.2, 0) is 32.5 Å². The van der Waals surface area contributed by atoms with Gasteiger partial charge in [-0.3, -0.25) is 14.5 Å². The van der Waals surface area contributed by atoms with E-state index in [-0.39, 0.29) is 12.0 Å². The molecule has 1 aliphatic carbocycles. The standard InChI is InChI=1S/C22H27N5O4/c1-20(2,3)17-23-16(26-31-17)21(4,5)24-15(28)12-27-18(29)22(25-19(27)30)11-10-13-8-6-7-9-14(13)22/h6-9H,10-12H2,1-5H3,(H,24,28)(H,25,30). The van der Waals surface area contributed by atoms with E-state index in [2.05, 4.69) is 20.8 Å². The van der Waals surface area contributed by atoms with Crippen LogP contribution in [0.5, 0.6) is 0 Å². The number of nitrogens with one attached hydrogen (secondary N) is 2. The zero-order valence-corrected chi connectivity index (χ0v) is 18.4. The van der Waals surface area contributed by atoms with Gasteiger partial charge in [0.1, 0.15) is 12.1 Å². The lowest BCUT2D eigenvalue weighted by Crippen LogP contribution is -2.48. The van der Waals surface area contributed by atoms with Gasteiger partial charge in [0, 0.05) is 5.41 Å². The third-order valence-electron chi connectivity index (χ3n) is 5.80. The lowest BCUT2D eigenvalue weighted by molar-refractivity contribution is -0.135. The van der Waals surface area contributed by atoms with E-state index in [1.807, 2.05) is 45.0 Å². The second-order valence-corrected chi connectivity index (χ2v) is 9.73. The molecule has 2 aliphatic rings. The number of carbonyl (C=O) groups excluding carboxylic acids is 3. The van der Waals surface area contributed by atoms with Crippen molar-refractivity contribution in [2.75, 3.05) is 6.54 Å². The van der Waals surface area contributed by atoms with Crippen LogP contribution in [0.1, 0.15) is 63.9 Å². The van der Waals surface area contributed by atoms with Crippen LogP contribution < -0.4 is 10.6 Å². The van der Waals surface area contributed by atoms with Crippen molar-refractivity contribution >= 4 is 17.8 Å². The summed E-state index contributed by atoms with van der Waals surface area (Å²) in [7, 11) is 0. The van der Waals surface area contributed by atoms with Crippen LogP contribution in [0, 0.1) is 0 Å². The Bertz CT molecular complexity index is 1070. The lowest BCUT2D eigenvalue weighted by atomic mass is 9.92. The number of aromatic nitrogens is 2. The molecule has 0 saturated carbocycles. The summed E-state index contributed by atoms with van der Waals surface area (Å²) < 4.78 is 5.32. The first-order valence-electron chi connectivity index (χ1n) is 10.3. The minimum Gasteiger partial charge on any atom is -0.342 e. The molecule has 9 heteroatoms. The van der Waals surface area contributed by atoms with Gasteiger partial charge in [-0.05, 0) is 37.8 Å². The third-order valence-corrected chi connectivity index (χ3v) is 5.80. The first-order chi connectivity index (χ1) is 14.4. The average molecular weight is 425 g/mol.